The van der Waals surface area contributed by atoms with Crippen LogP contribution in [0.4, 0.5) is 13.2 Å². The number of aliphatic hydroxyl groups is 1. The number of alkyl halides is 3. The lowest BCUT2D eigenvalue weighted by atomic mass is 9.55. The maximum absolute atomic E-state index is 13.4. The minimum Gasteiger partial charge on any atom is -0.504 e. The van der Waals surface area contributed by atoms with E-state index in [0.29, 0.717) is 23.3 Å². The molecule has 2 fully saturated rings. The summed E-state index contributed by atoms with van der Waals surface area (Å²) in [6.45, 7) is 0.0846. The Morgan fingerprint density at radius 1 is 1.29 bits per heavy atom. The molecule has 2 saturated carbocycles. The summed E-state index contributed by atoms with van der Waals surface area (Å²) in [6.07, 6.45) is -0.816. The van der Waals surface area contributed by atoms with Gasteiger partial charge in [0.05, 0.1) is 11.8 Å². The van der Waals surface area contributed by atoms with Gasteiger partial charge in [0.15, 0.2) is 18.2 Å². The van der Waals surface area contributed by atoms with Crippen LogP contribution in [0, 0.1) is 17.3 Å². The number of ether oxygens (including phenoxy) is 1. The Hall–Kier alpha value is -1.96. The highest BCUT2D eigenvalue weighted by Gasteiger charge is 2.55. The normalized spacial score (nSPS) is 36.0. The second-order valence-corrected chi connectivity index (χ2v) is 8.55. The molecule has 3 N–H and O–H groups in total. The largest absolute Gasteiger partial charge is 0.504 e. The van der Waals surface area contributed by atoms with Crippen LogP contribution < -0.4 is 4.74 Å². The lowest BCUT2D eigenvalue weighted by molar-refractivity contribution is -0.187. The van der Waals surface area contributed by atoms with Crippen molar-refractivity contribution in [3.8, 4) is 11.5 Å². The summed E-state index contributed by atoms with van der Waals surface area (Å²) in [4.78, 5) is 0. The van der Waals surface area contributed by atoms with Gasteiger partial charge in [-0.3, -0.25) is 0 Å². The Morgan fingerprint density at radius 3 is 2.71 bits per heavy atom. The predicted octanol–water partition coefficient (Wildman–Crippen LogP) is 4.19. The first-order chi connectivity index (χ1) is 13.2. The number of nitrogens with zero attached hydrogens (tertiary/aromatic N) is 1. The molecular formula is C20H24F3NO4. The Labute approximate surface area is 160 Å². The van der Waals surface area contributed by atoms with Gasteiger partial charge in [0.25, 0.3) is 0 Å². The van der Waals surface area contributed by atoms with Crippen molar-refractivity contribution in [1.82, 2.24) is 0 Å². The molecule has 0 radical (unpaired) electrons. The molecule has 28 heavy (non-hydrogen) atoms. The van der Waals surface area contributed by atoms with Crippen molar-refractivity contribution in [3.63, 3.8) is 0 Å². The average molecular weight is 399 g/mol. The number of aromatic hydroxyl groups is 1. The molecule has 0 heterocycles. The summed E-state index contributed by atoms with van der Waals surface area (Å²) in [5.74, 6) is -0.724. The average Bonchev–Trinajstić information content (AvgIpc) is 2.97. The molecular weight excluding hydrogens is 375 g/mol. The number of oxime groups is 1. The fourth-order valence-corrected chi connectivity index (χ4v) is 5.77. The number of hydrogen-bond donors (Lipinski definition) is 3. The van der Waals surface area contributed by atoms with Crippen LogP contribution in [0.25, 0.3) is 0 Å². The van der Waals surface area contributed by atoms with Gasteiger partial charge in [0.1, 0.15) is 0 Å². The fourth-order valence-electron chi connectivity index (χ4n) is 5.77. The molecule has 0 saturated heterocycles. The van der Waals surface area contributed by atoms with E-state index < -0.39 is 24.3 Å². The predicted molar refractivity (Wildman–Crippen MR) is 94.9 cm³/mol. The first-order valence-corrected chi connectivity index (χ1v) is 9.59. The van der Waals surface area contributed by atoms with Gasteiger partial charge in [-0.1, -0.05) is 12.1 Å². The summed E-state index contributed by atoms with van der Waals surface area (Å²) in [6, 6.07) is 2.58. The van der Waals surface area contributed by atoms with E-state index in [1.165, 1.54) is 12.1 Å². The van der Waals surface area contributed by atoms with Gasteiger partial charge in [-0.2, -0.15) is 8.78 Å². The number of aliphatic hydroxyl groups excluding tert-OH is 1. The molecule has 0 aromatic heterocycles. The van der Waals surface area contributed by atoms with Crippen molar-refractivity contribution >= 4 is 5.71 Å². The third kappa shape index (κ3) is 2.84. The SMILES string of the molecule is C[C@]12CC[C@@H]3c4cc(OC(F)(F)CF)c(O)cc4/C(=N/O)C[C@H]3[C@@H]1CC[C@@H]2O. The standard InChI is InChI=1S/C20H24F3NO4/c1-19-5-4-10-11-8-17(28-20(22,23)9-21)16(25)7-13(11)15(24-27)6-12(10)14(19)2-3-18(19)26/h7-8,10,12,14,18,25-27H,2-6,9H2,1H3/b24-15+/t10-,12-,14+,18+,19+/m1/s1. The van der Waals surface area contributed by atoms with Gasteiger partial charge in [0, 0.05) is 5.56 Å². The lowest BCUT2D eigenvalue weighted by Crippen LogP contribution is -2.45. The third-order valence-corrected chi connectivity index (χ3v) is 7.19. The molecule has 154 valence electrons. The number of hydrogen-bond acceptors (Lipinski definition) is 5. The number of benzene rings is 1. The Kier molecular flexibility index (Phi) is 4.52. The summed E-state index contributed by atoms with van der Waals surface area (Å²) in [5, 5.41) is 33.5. The van der Waals surface area contributed by atoms with E-state index in [2.05, 4.69) is 16.8 Å². The molecule has 0 unspecified atom stereocenters. The molecule has 1 aromatic rings. The highest BCUT2D eigenvalue weighted by atomic mass is 19.3. The maximum atomic E-state index is 13.4. The van der Waals surface area contributed by atoms with Crippen LogP contribution in [0.15, 0.2) is 17.3 Å². The molecule has 5 nitrogen and oxygen atoms in total. The quantitative estimate of drug-likeness (QED) is 0.526. The number of halogens is 3. The molecule has 3 aliphatic rings. The van der Waals surface area contributed by atoms with Gasteiger partial charge in [-0.15, -0.1) is 0 Å². The number of fused-ring (bicyclic) bond motifs is 5. The van der Waals surface area contributed by atoms with Gasteiger partial charge in [0.2, 0.25) is 0 Å². The molecule has 0 amide bonds. The van der Waals surface area contributed by atoms with Crippen LogP contribution in [0.1, 0.15) is 56.1 Å². The maximum Gasteiger partial charge on any atom is 0.427 e. The fraction of sp³-hybridized carbons (Fsp3) is 0.650. The van der Waals surface area contributed by atoms with Crippen LogP contribution in [0.5, 0.6) is 11.5 Å². The van der Waals surface area contributed by atoms with Crippen LogP contribution in [0.2, 0.25) is 0 Å². The topological polar surface area (TPSA) is 82.3 Å². The Morgan fingerprint density at radius 2 is 2.04 bits per heavy atom. The van der Waals surface area contributed by atoms with E-state index in [1.807, 2.05) is 0 Å². The van der Waals surface area contributed by atoms with Gasteiger partial charge >= 0.3 is 6.11 Å². The molecule has 0 bridgehead atoms. The lowest BCUT2D eigenvalue weighted by Gasteiger charge is -2.50. The molecule has 1 aromatic carbocycles. The number of phenols is 1. The third-order valence-electron chi connectivity index (χ3n) is 7.19. The minimum absolute atomic E-state index is 0.00539. The highest BCUT2D eigenvalue weighted by Crippen LogP contribution is 2.61. The molecule has 8 heteroatoms. The molecule has 3 aliphatic carbocycles. The highest BCUT2D eigenvalue weighted by molar-refractivity contribution is 6.03. The zero-order valence-electron chi connectivity index (χ0n) is 15.5. The first kappa shape index (κ1) is 19.4. The van der Waals surface area contributed by atoms with Gasteiger partial charge in [-0.25, -0.2) is 4.39 Å². The van der Waals surface area contributed by atoms with Crippen molar-refractivity contribution in [2.75, 3.05) is 6.67 Å². The zero-order valence-corrected chi connectivity index (χ0v) is 15.5. The van der Waals surface area contributed by atoms with Crippen LogP contribution >= 0.6 is 0 Å². The monoisotopic (exact) mass is 399 g/mol. The zero-order chi connectivity index (χ0) is 20.3. The van der Waals surface area contributed by atoms with Crippen LogP contribution in [-0.4, -0.2) is 40.0 Å². The van der Waals surface area contributed by atoms with Crippen LogP contribution in [0.3, 0.4) is 0 Å². The number of phenolic OH excluding ortho intramolecular Hbond substituents is 1. The summed E-state index contributed by atoms with van der Waals surface area (Å²) >= 11 is 0. The van der Waals surface area contributed by atoms with Crippen molar-refractivity contribution in [1.29, 1.82) is 0 Å². The second kappa shape index (κ2) is 6.54. The van der Waals surface area contributed by atoms with E-state index in [0.717, 1.165) is 25.7 Å². The van der Waals surface area contributed by atoms with E-state index in [9.17, 15) is 28.6 Å². The Balaban J connectivity index is 1.77. The van der Waals surface area contributed by atoms with Crippen molar-refractivity contribution < 1.29 is 33.3 Å². The van der Waals surface area contributed by atoms with E-state index in [-0.39, 0.29) is 29.3 Å². The van der Waals surface area contributed by atoms with Crippen molar-refractivity contribution in [2.24, 2.45) is 22.4 Å². The molecule has 4 rings (SSSR count). The van der Waals surface area contributed by atoms with Crippen molar-refractivity contribution in [2.45, 2.75) is 57.2 Å². The summed E-state index contributed by atoms with van der Waals surface area (Å²) < 4.78 is 43.7. The summed E-state index contributed by atoms with van der Waals surface area (Å²) in [5.41, 5.74) is 1.33. The van der Waals surface area contributed by atoms with E-state index >= 15 is 0 Å². The second-order valence-electron chi connectivity index (χ2n) is 8.55. The van der Waals surface area contributed by atoms with Gasteiger partial charge < -0.3 is 20.2 Å². The van der Waals surface area contributed by atoms with Crippen LogP contribution in [-0.2, 0) is 0 Å². The van der Waals surface area contributed by atoms with E-state index in [1.54, 1.807) is 0 Å². The smallest absolute Gasteiger partial charge is 0.427 e. The number of rotatable bonds is 3. The van der Waals surface area contributed by atoms with E-state index in [4.69, 9.17) is 0 Å². The first-order valence-electron chi connectivity index (χ1n) is 9.59. The molecule has 5 atom stereocenters. The van der Waals surface area contributed by atoms with Crippen molar-refractivity contribution in [3.05, 3.63) is 23.3 Å². The van der Waals surface area contributed by atoms with Gasteiger partial charge in [-0.05, 0) is 73.0 Å². The Bertz CT molecular complexity index is 815. The minimum atomic E-state index is -4.03. The molecule has 0 spiro atoms. The molecule has 0 aliphatic heterocycles. The summed E-state index contributed by atoms with van der Waals surface area (Å²) in [7, 11) is 0.